The van der Waals surface area contributed by atoms with Gasteiger partial charge in [-0.25, -0.2) is 15.0 Å². The van der Waals surface area contributed by atoms with Crippen molar-refractivity contribution in [2.45, 2.75) is 13.8 Å². The molecule has 0 amide bonds. The molecule has 17 aromatic carbocycles. The van der Waals surface area contributed by atoms with Crippen LogP contribution in [0.1, 0.15) is 11.1 Å². The minimum atomic E-state index is 0.632. The molecule has 24 aromatic rings. The number of para-hydroxylation sites is 5. The van der Waals surface area contributed by atoms with Crippen molar-refractivity contribution in [2.75, 3.05) is 0 Å². The molecule has 7 heterocycles. The summed E-state index contributed by atoms with van der Waals surface area (Å²) in [6.07, 6.45) is 3.86. The van der Waals surface area contributed by atoms with Crippen LogP contribution in [-0.2, 0) is 0 Å². The van der Waals surface area contributed by atoms with E-state index in [-0.39, 0.29) is 0 Å². The smallest absolute Gasteiger partial charge is 0.164 e. The van der Waals surface area contributed by atoms with Crippen molar-refractivity contribution in [3.05, 3.63) is 430 Å². The van der Waals surface area contributed by atoms with Crippen LogP contribution in [0, 0.1) is 13.8 Å². The normalized spacial score (nSPS) is 11.7. The Bertz CT molecular complexity index is 8070. The van der Waals surface area contributed by atoms with Crippen molar-refractivity contribution in [3.8, 4) is 107 Å². The molecule has 0 aliphatic carbocycles. The van der Waals surface area contributed by atoms with Gasteiger partial charge in [0.25, 0.3) is 0 Å². The van der Waals surface area contributed by atoms with Crippen LogP contribution >= 0.6 is 0 Å². The van der Waals surface area contributed by atoms with Gasteiger partial charge >= 0.3 is 0 Å². The topological polar surface area (TPSA) is 76.2 Å². The standard InChI is InChI=1S/C59H41N5.C53H34N4/c1-38-26-30-54-51(32-38)52-33-39(2)27-31-55(52)63(54)47-22-13-20-44(36-47)45-28-29-50-49-24-9-10-25-53(49)64(56(50)37-45)48-23-12-19-43(35-48)42-18-11-21-46(34-42)59-61-57(40-14-5-3-6-15-40)60-58(62-59)41-16-7-4-8-17-41;1-2-14-39(15-3-1)55-51-27-25-37(32-47(51)46-28-29-54-34-53(46)55)35-12-10-17-41(30-35)57-50-23-9-6-20-44(50)45-26-24-38(33-52(45)57)36-13-11-16-40(31-36)56-48-21-7-4-18-42(48)43-19-5-8-22-49(43)56/h3-37H,1-2H3;1-34H. The Morgan fingerprint density at radius 2 is 0.446 bits per heavy atom. The fourth-order valence-electron chi connectivity index (χ4n) is 18.6. The van der Waals surface area contributed by atoms with Crippen molar-refractivity contribution in [1.82, 2.24) is 42.8 Å². The second kappa shape index (κ2) is 29.0. The summed E-state index contributed by atoms with van der Waals surface area (Å²) in [7, 11) is 0. The summed E-state index contributed by atoms with van der Waals surface area (Å²) in [4.78, 5) is 19.5. The average Bonchev–Trinajstić information content (AvgIpc) is 1.60. The SMILES string of the molecule is Cc1ccc2c(c1)c1cc(C)ccc1n2-c1cccc(-c2ccc3c4ccccc4n(-c4cccc(-c5cccc(-c6nc(-c7ccccc7)nc(-c7ccccc7)n6)c5)c4)c3c2)c1.c1ccc(-n2c3ccc(-c4cccc(-n5c6ccccc6c6ccc(-c7cccc(-n8c9ccccc9c9ccccc98)c7)cc65)c4)cc3c3ccncc32)cc1. The van der Waals surface area contributed by atoms with E-state index in [0.717, 1.165) is 78.4 Å². The molecule has 24 rings (SSSR count). The molecule has 0 aliphatic heterocycles. The number of hydrogen-bond acceptors (Lipinski definition) is 4. The maximum absolute atomic E-state index is 5.02. The van der Waals surface area contributed by atoms with Gasteiger partial charge in [0.1, 0.15) is 0 Å². The number of rotatable bonds is 12. The van der Waals surface area contributed by atoms with Crippen molar-refractivity contribution < 1.29 is 0 Å². The van der Waals surface area contributed by atoms with Crippen LogP contribution in [0.3, 0.4) is 0 Å². The van der Waals surface area contributed by atoms with Gasteiger partial charge in [0.15, 0.2) is 17.5 Å². The van der Waals surface area contributed by atoms with E-state index in [1.807, 2.05) is 73.1 Å². The van der Waals surface area contributed by atoms with Crippen LogP contribution in [0.4, 0.5) is 0 Å². The summed E-state index contributed by atoms with van der Waals surface area (Å²) < 4.78 is 12.0. The summed E-state index contributed by atoms with van der Waals surface area (Å²) in [6.45, 7) is 4.34. The molecule has 9 nitrogen and oxygen atoms in total. The highest BCUT2D eigenvalue weighted by Gasteiger charge is 2.22. The first-order valence-corrected chi connectivity index (χ1v) is 41.2. The number of nitrogens with zero attached hydrogens (tertiary/aromatic N) is 9. The lowest BCUT2D eigenvalue weighted by atomic mass is 10.0. The highest BCUT2D eigenvalue weighted by Crippen LogP contribution is 2.43. The fourth-order valence-corrected chi connectivity index (χ4v) is 18.6. The predicted molar refractivity (Wildman–Crippen MR) is 503 cm³/mol. The van der Waals surface area contributed by atoms with Crippen LogP contribution in [-0.4, -0.2) is 42.8 Å². The average molecular weight is 1550 g/mol. The van der Waals surface area contributed by atoms with Crippen molar-refractivity contribution in [2.24, 2.45) is 0 Å². The molecule has 0 saturated carbocycles. The minimum Gasteiger partial charge on any atom is -0.309 e. The molecular formula is C112H75N9. The molecule has 0 radical (unpaired) electrons. The summed E-state index contributed by atoms with van der Waals surface area (Å²) in [5.41, 5.74) is 32.0. The third kappa shape index (κ3) is 12.2. The first-order chi connectivity index (χ1) is 59.8. The lowest BCUT2D eigenvalue weighted by Gasteiger charge is -2.13. The second-order valence-corrected chi connectivity index (χ2v) is 31.5. The van der Waals surface area contributed by atoms with Gasteiger partial charge < -0.3 is 22.8 Å². The zero-order chi connectivity index (χ0) is 80.2. The Morgan fingerprint density at radius 3 is 0.884 bits per heavy atom. The minimum absolute atomic E-state index is 0.632. The van der Waals surface area contributed by atoms with Crippen molar-refractivity contribution in [3.63, 3.8) is 0 Å². The van der Waals surface area contributed by atoms with Crippen LogP contribution in [0.2, 0.25) is 0 Å². The molecular weight excluding hydrogens is 1470 g/mol. The maximum atomic E-state index is 5.02. The third-order valence-electron chi connectivity index (χ3n) is 24.2. The summed E-state index contributed by atoms with van der Waals surface area (Å²) in [5, 5.41) is 12.4. The van der Waals surface area contributed by atoms with Gasteiger partial charge in [-0.3, -0.25) is 4.98 Å². The summed E-state index contributed by atoms with van der Waals surface area (Å²) >= 11 is 0. The number of pyridine rings is 1. The quantitative estimate of drug-likeness (QED) is 0.122. The van der Waals surface area contributed by atoms with Crippen molar-refractivity contribution in [1.29, 1.82) is 0 Å². The number of fused-ring (bicyclic) bond motifs is 15. The van der Waals surface area contributed by atoms with E-state index in [1.54, 1.807) is 0 Å². The molecule has 0 bridgehead atoms. The molecule has 9 heteroatoms. The molecule has 0 atom stereocenters. The second-order valence-electron chi connectivity index (χ2n) is 31.5. The van der Waals surface area contributed by atoms with Crippen molar-refractivity contribution >= 4 is 109 Å². The van der Waals surface area contributed by atoms with Crippen LogP contribution in [0.5, 0.6) is 0 Å². The molecule has 0 saturated heterocycles. The third-order valence-corrected chi connectivity index (χ3v) is 24.2. The lowest BCUT2D eigenvalue weighted by Crippen LogP contribution is -2.00. The molecule has 0 fully saturated rings. The summed E-state index contributed by atoms with van der Waals surface area (Å²) in [5.74, 6) is 1.92. The lowest BCUT2D eigenvalue weighted by molar-refractivity contribution is 1.07. The first-order valence-electron chi connectivity index (χ1n) is 41.2. The van der Waals surface area contributed by atoms with E-state index in [0.29, 0.717) is 17.5 Å². The van der Waals surface area contributed by atoms with Crippen LogP contribution < -0.4 is 0 Å². The number of hydrogen-bond donors (Lipinski definition) is 0. The molecule has 0 spiro atoms. The van der Waals surface area contributed by atoms with Gasteiger partial charge in [-0.2, -0.15) is 0 Å². The Labute approximate surface area is 698 Å². The fraction of sp³-hybridized carbons (Fsp3) is 0.0179. The Hall–Kier alpha value is -16.1. The van der Waals surface area contributed by atoms with E-state index in [1.165, 1.54) is 131 Å². The zero-order valence-electron chi connectivity index (χ0n) is 66.4. The largest absolute Gasteiger partial charge is 0.309 e. The summed E-state index contributed by atoms with van der Waals surface area (Å²) in [6, 6.07) is 146. The predicted octanol–water partition coefficient (Wildman–Crippen LogP) is 28.7. The highest BCUT2D eigenvalue weighted by atomic mass is 15.0. The number of benzene rings is 17. The molecule has 568 valence electrons. The van der Waals surface area contributed by atoms with Gasteiger partial charge in [0.2, 0.25) is 0 Å². The van der Waals surface area contributed by atoms with E-state index in [4.69, 9.17) is 15.0 Å². The van der Waals surface area contributed by atoms with E-state index in [2.05, 4.69) is 387 Å². The monoisotopic (exact) mass is 1550 g/mol. The van der Waals surface area contributed by atoms with Gasteiger partial charge in [-0.1, -0.05) is 272 Å². The Kier molecular flexibility index (Phi) is 16.8. The van der Waals surface area contributed by atoms with E-state index >= 15 is 0 Å². The van der Waals surface area contributed by atoms with Gasteiger partial charge in [0.05, 0.1) is 61.4 Å². The Morgan fingerprint density at radius 1 is 0.165 bits per heavy atom. The molecule has 7 aromatic heterocycles. The molecule has 0 unspecified atom stereocenters. The van der Waals surface area contributed by atoms with Gasteiger partial charge in [0, 0.05) is 105 Å². The van der Waals surface area contributed by atoms with Gasteiger partial charge in [-0.15, -0.1) is 0 Å². The Balaban J connectivity index is 0.000000142. The van der Waals surface area contributed by atoms with Gasteiger partial charge in [-0.05, 0) is 204 Å². The maximum Gasteiger partial charge on any atom is 0.164 e. The van der Waals surface area contributed by atoms with E-state index in [9.17, 15) is 0 Å². The number of aryl methyl sites for hydroxylation is 2. The van der Waals surface area contributed by atoms with E-state index < -0.39 is 0 Å². The van der Waals surface area contributed by atoms with Crippen LogP contribution in [0.25, 0.3) is 216 Å². The molecule has 121 heavy (non-hydrogen) atoms. The highest BCUT2D eigenvalue weighted by molar-refractivity contribution is 6.15. The molecule has 0 aliphatic rings. The number of aromatic nitrogens is 9. The van der Waals surface area contributed by atoms with Crippen LogP contribution in [0.15, 0.2) is 419 Å². The molecule has 0 N–H and O–H groups in total. The zero-order valence-corrected chi connectivity index (χ0v) is 66.4. The first kappa shape index (κ1) is 70.3.